The van der Waals surface area contributed by atoms with Gasteiger partial charge in [-0.15, -0.1) is 10.2 Å². The number of carbonyl (C=O) groups is 1. The molecule has 4 nitrogen and oxygen atoms in total. The Hall–Kier alpha value is -2.47. The van der Waals surface area contributed by atoms with Crippen LogP contribution in [0.1, 0.15) is 28.8 Å². The number of aromatic nitrogens is 3. The molecule has 0 atom stereocenters. The molecule has 2 aromatic carbocycles. The Morgan fingerprint density at radius 2 is 1.92 bits per heavy atom. The van der Waals surface area contributed by atoms with E-state index in [1.54, 1.807) is 18.1 Å². The molecule has 1 aromatic heterocycles. The van der Waals surface area contributed by atoms with Gasteiger partial charge in [0.15, 0.2) is 10.9 Å². The standard InChI is InChI=1S/C19H18FN3OS/c1-14-5-2-3-6-17(14)23-13-21-22-19(23)25-12-4-7-18(24)15-8-10-16(20)11-9-15/h2-3,5-6,8-11,13H,4,7,12H2,1H3. The molecule has 0 radical (unpaired) electrons. The van der Waals surface area contributed by atoms with E-state index < -0.39 is 0 Å². The molecule has 0 bridgehead atoms. The third kappa shape index (κ3) is 4.33. The summed E-state index contributed by atoms with van der Waals surface area (Å²) in [5, 5.41) is 8.98. The van der Waals surface area contributed by atoms with Crippen molar-refractivity contribution in [2.24, 2.45) is 0 Å². The van der Waals surface area contributed by atoms with E-state index in [2.05, 4.69) is 10.2 Å². The molecule has 6 heteroatoms. The van der Waals surface area contributed by atoms with Gasteiger partial charge in [0.1, 0.15) is 12.1 Å². The lowest BCUT2D eigenvalue weighted by molar-refractivity contribution is 0.0982. The fourth-order valence-corrected chi connectivity index (χ4v) is 3.36. The molecule has 0 unspecified atom stereocenters. The lowest BCUT2D eigenvalue weighted by atomic mass is 10.1. The van der Waals surface area contributed by atoms with Gasteiger partial charge in [0.2, 0.25) is 0 Å². The minimum atomic E-state index is -0.331. The van der Waals surface area contributed by atoms with E-state index in [4.69, 9.17) is 0 Å². The maximum atomic E-state index is 12.9. The summed E-state index contributed by atoms with van der Waals surface area (Å²) in [6.07, 6.45) is 2.85. The Bertz CT molecular complexity index is 861. The average molecular weight is 355 g/mol. The Balaban J connectivity index is 1.55. The predicted molar refractivity (Wildman–Crippen MR) is 96.8 cm³/mol. The van der Waals surface area contributed by atoms with Gasteiger partial charge in [0, 0.05) is 17.7 Å². The average Bonchev–Trinajstić information content (AvgIpc) is 3.08. The molecular formula is C19H18FN3OS. The number of thioether (sulfide) groups is 1. The predicted octanol–water partition coefficient (Wildman–Crippen LogP) is 4.47. The molecule has 0 saturated heterocycles. The van der Waals surface area contributed by atoms with Crippen LogP contribution in [0.5, 0.6) is 0 Å². The van der Waals surface area contributed by atoms with Crippen LogP contribution in [0.3, 0.4) is 0 Å². The first-order valence-corrected chi connectivity index (χ1v) is 9.01. The number of benzene rings is 2. The number of para-hydroxylation sites is 1. The van der Waals surface area contributed by atoms with Gasteiger partial charge in [0.25, 0.3) is 0 Å². The van der Waals surface area contributed by atoms with E-state index in [0.717, 1.165) is 28.6 Å². The summed E-state index contributed by atoms with van der Waals surface area (Å²) < 4.78 is 14.9. The first kappa shape index (κ1) is 17.4. The Kier molecular flexibility index (Phi) is 5.60. The van der Waals surface area contributed by atoms with Gasteiger partial charge in [-0.25, -0.2) is 4.39 Å². The van der Waals surface area contributed by atoms with Crippen LogP contribution in [0.2, 0.25) is 0 Å². The summed E-state index contributed by atoms with van der Waals surface area (Å²) in [6.45, 7) is 2.05. The second-order valence-corrected chi connectivity index (χ2v) is 6.71. The lowest BCUT2D eigenvalue weighted by Crippen LogP contribution is -2.01. The molecule has 3 aromatic rings. The summed E-state index contributed by atoms with van der Waals surface area (Å²) in [7, 11) is 0. The first-order chi connectivity index (χ1) is 12.1. The van der Waals surface area contributed by atoms with Crippen LogP contribution in [0.25, 0.3) is 5.69 Å². The topological polar surface area (TPSA) is 47.8 Å². The van der Waals surface area contributed by atoms with Crippen molar-refractivity contribution in [2.45, 2.75) is 24.9 Å². The Morgan fingerprint density at radius 1 is 1.16 bits per heavy atom. The molecule has 0 aliphatic heterocycles. The second-order valence-electron chi connectivity index (χ2n) is 5.65. The van der Waals surface area contributed by atoms with Gasteiger partial charge < -0.3 is 0 Å². The molecule has 25 heavy (non-hydrogen) atoms. The molecule has 0 spiro atoms. The van der Waals surface area contributed by atoms with Crippen LogP contribution in [-0.2, 0) is 0 Å². The molecule has 128 valence electrons. The summed E-state index contributed by atoms with van der Waals surface area (Å²) >= 11 is 1.57. The molecule has 0 saturated carbocycles. The van der Waals surface area contributed by atoms with Crippen LogP contribution in [-0.4, -0.2) is 26.3 Å². The van der Waals surface area contributed by atoms with Crippen molar-refractivity contribution in [1.82, 2.24) is 14.8 Å². The lowest BCUT2D eigenvalue weighted by Gasteiger charge is -2.08. The van der Waals surface area contributed by atoms with Crippen molar-refractivity contribution in [1.29, 1.82) is 0 Å². The quantitative estimate of drug-likeness (QED) is 0.356. The van der Waals surface area contributed by atoms with Gasteiger partial charge in [0.05, 0.1) is 5.69 Å². The molecule has 0 amide bonds. The van der Waals surface area contributed by atoms with Crippen molar-refractivity contribution in [3.63, 3.8) is 0 Å². The highest BCUT2D eigenvalue weighted by Gasteiger charge is 2.10. The van der Waals surface area contributed by atoms with Crippen LogP contribution < -0.4 is 0 Å². The van der Waals surface area contributed by atoms with Gasteiger partial charge >= 0.3 is 0 Å². The largest absolute Gasteiger partial charge is 0.294 e. The van der Waals surface area contributed by atoms with Crippen LogP contribution in [0.4, 0.5) is 4.39 Å². The Labute approximate surface area is 150 Å². The number of hydrogen-bond donors (Lipinski definition) is 0. The van der Waals surface area contributed by atoms with E-state index in [1.165, 1.54) is 24.3 Å². The zero-order valence-corrected chi connectivity index (χ0v) is 14.7. The third-order valence-electron chi connectivity index (χ3n) is 3.84. The number of carbonyl (C=O) groups excluding carboxylic acids is 1. The van der Waals surface area contributed by atoms with Crippen LogP contribution in [0, 0.1) is 12.7 Å². The monoisotopic (exact) mass is 355 g/mol. The fraction of sp³-hybridized carbons (Fsp3) is 0.211. The van der Waals surface area contributed by atoms with E-state index >= 15 is 0 Å². The third-order valence-corrected chi connectivity index (χ3v) is 4.87. The summed E-state index contributed by atoms with van der Waals surface area (Å²) in [5.74, 6) is 0.459. The smallest absolute Gasteiger partial charge is 0.195 e. The number of rotatable bonds is 7. The number of halogens is 1. The molecule has 0 aliphatic rings. The number of hydrogen-bond acceptors (Lipinski definition) is 4. The van der Waals surface area contributed by atoms with E-state index in [1.807, 2.05) is 35.8 Å². The van der Waals surface area contributed by atoms with Crippen molar-refractivity contribution < 1.29 is 9.18 Å². The highest BCUT2D eigenvalue weighted by molar-refractivity contribution is 7.99. The zero-order chi connectivity index (χ0) is 17.6. The molecule has 3 rings (SSSR count). The fourth-order valence-electron chi connectivity index (χ4n) is 2.50. The zero-order valence-electron chi connectivity index (χ0n) is 13.9. The number of Topliss-reactive ketones (excluding diaryl/α,β-unsaturated/α-hetero) is 1. The SMILES string of the molecule is Cc1ccccc1-n1cnnc1SCCCC(=O)c1ccc(F)cc1. The molecule has 0 N–H and O–H groups in total. The first-order valence-electron chi connectivity index (χ1n) is 8.03. The molecule has 1 heterocycles. The number of nitrogens with zero attached hydrogens (tertiary/aromatic N) is 3. The number of aryl methyl sites for hydroxylation is 1. The molecule has 0 fully saturated rings. The second kappa shape index (κ2) is 8.07. The number of ketones is 1. The van der Waals surface area contributed by atoms with Gasteiger partial charge in [-0.05, 0) is 49.2 Å². The highest BCUT2D eigenvalue weighted by Crippen LogP contribution is 2.22. The maximum Gasteiger partial charge on any atom is 0.195 e. The molecule has 0 aliphatic carbocycles. The van der Waals surface area contributed by atoms with Crippen LogP contribution in [0.15, 0.2) is 60.0 Å². The summed E-state index contributed by atoms with van der Waals surface area (Å²) in [6, 6.07) is 13.7. The van der Waals surface area contributed by atoms with Crippen molar-refractivity contribution in [3.8, 4) is 5.69 Å². The van der Waals surface area contributed by atoms with Gasteiger partial charge in [-0.3, -0.25) is 9.36 Å². The minimum absolute atomic E-state index is 0.0287. The van der Waals surface area contributed by atoms with Crippen molar-refractivity contribution >= 4 is 17.5 Å². The van der Waals surface area contributed by atoms with Crippen molar-refractivity contribution in [2.75, 3.05) is 5.75 Å². The minimum Gasteiger partial charge on any atom is -0.294 e. The summed E-state index contributed by atoms with van der Waals surface area (Å²) in [5.41, 5.74) is 2.75. The maximum absolute atomic E-state index is 12.9. The Morgan fingerprint density at radius 3 is 2.68 bits per heavy atom. The molecular weight excluding hydrogens is 337 g/mol. The van der Waals surface area contributed by atoms with Crippen LogP contribution >= 0.6 is 11.8 Å². The normalized spacial score (nSPS) is 10.8. The highest BCUT2D eigenvalue weighted by atomic mass is 32.2. The van der Waals surface area contributed by atoms with E-state index in [0.29, 0.717) is 12.0 Å². The van der Waals surface area contributed by atoms with Gasteiger partial charge in [-0.2, -0.15) is 0 Å². The van der Waals surface area contributed by atoms with E-state index in [-0.39, 0.29) is 11.6 Å². The van der Waals surface area contributed by atoms with Gasteiger partial charge in [-0.1, -0.05) is 30.0 Å². The van der Waals surface area contributed by atoms with E-state index in [9.17, 15) is 9.18 Å². The summed E-state index contributed by atoms with van der Waals surface area (Å²) in [4.78, 5) is 12.1. The van der Waals surface area contributed by atoms with Crippen molar-refractivity contribution in [3.05, 3.63) is 71.8 Å².